The lowest BCUT2D eigenvalue weighted by atomic mass is 10.2. The van der Waals surface area contributed by atoms with Gasteiger partial charge in [0.2, 0.25) is 0 Å². The maximum atomic E-state index is 5.85. The zero-order valence-electron chi connectivity index (χ0n) is 13.3. The highest BCUT2D eigenvalue weighted by molar-refractivity contribution is 5.46. The summed E-state index contributed by atoms with van der Waals surface area (Å²) in [6.07, 6.45) is 5.05. The number of anilines is 1. The number of aryl methyl sites for hydroxylation is 1. The molecule has 0 unspecified atom stereocenters. The highest BCUT2D eigenvalue weighted by Gasteiger charge is 2.31. The van der Waals surface area contributed by atoms with Gasteiger partial charge in [-0.1, -0.05) is 17.7 Å². The van der Waals surface area contributed by atoms with Crippen LogP contribution in [0.2, 0.25) is 0 Å². The molecule has 0 aromatic heterocycles. The van der Waals surface area contributed by atoms with E-state index in [-0.39, 0.29) is 0 Å². The summed E-state index contributed by atoms with van der Waals surface area (Å²) in [5.74, 6) is 1.64. The maximum absolute atomic E-state index is 5.85. The van der Waals surface area contributed by atoms with Crippen molar-refractivity contribution in [2.24, 2.45) is 0 Å². The fraction of sp³-hybridized carbons (Fsp3) is 0.368. The van der Waals surface area contributed by atoms with Gasteiger partial charge in [-0.3, -0.25) is 0 Å². The number of rotatable bonds is 7. The zero-order chi connectivity index (χ0) is 15.6. The fourth-order valence-corrected chi connectivity index (χ4v) is 2.14. The number of ether oxygens (including phenoxy) is 1. The van der Waals surface area contributed by atoms with Crippen LogP contribution in [0, 0.1) is 6.92 Å². The highest BCUT2D eigenvalue weighted by Crippen LogP contribution is 2.33. The highest BCUT2D eigenvalue weighted by atomic mass is 17.0. The molecule has 4 nitrogen and oxygen atoms in total. The van der Waals surface area contributed by atoms with Gasteiger partial charge in [0.05, 0.1) is 17.9 Å². The molecule has 0 amide bonds. The molecule has 0 saturated heterocycles. The second-order valence-electron chi connectivity index (χ2n) is 6.28. The minimum absolute atomic E-state index is 0.303. The summed E-state index contributed by atoms with van der Waals surface area (Å²) in [5.41, 5.74) is 2.12. The Labute approximate surface area is 136 Å². The van der Waals surface area contributed by atoms with Crippen LogP contribution in [0.5, 0.6) is 11.5 Å². The molecule has 4 heteroatoms. The van der Waals surface area contributed by atoms with E-state index in [0.29, 0.717) is 12.2 Å². The first-order valence-corrected chi connectivity index (χ1v) is 8.24. The average molecular weight is 311 g/mol. The monoisotopic (exact) mass is 311 g/mol. The predicted octanol–water partition coefficient (Wildman–Crippen LogP) is 4.78. The van der Waals surface area contributed by atoms with Gasteiger partial charge in [-0.05, 0) is 69.0 Å². The summed E-state index contributed by atoms with van der Waals surface area (Å²) in [4.78, 5) is 11.7. The second kappa shape index (κ2) is 6.22. The lowest BCUT2D eigenvalue weighted by Gasteiger charge is -2.22. The van der Waals surface area contributed by atoms with Crippen LogP contribution in [0.15, 0.2) is 48.5 Å². The summed E-state index contributed by atoms with van der Waals surface area (Å²) < 4.78 is 5.85. The number of hydrogen-bond donors (Lipinski definition) is 0. The molecule has 23 heavy (non-hydrogen) atoms. The molecule has 0 atom stereocenters. The maximum Gasteiger partial charge on any atom is 0.127 e. The van der Waals surface area contributed by atoms with Crippen molar-refractivity contribution < 1.29 is 14.4 Å². The molecule has 0 bridgehead atoms. The molecule has 0 spiro atoms. The van der Waals surface area contributed by atoms with E-state index in [2.05, 4.69) is 6.92 Å². The third-order valence-electron chi connectivity index (χ3n) is 3.84. The summed E-state index contributed by atoms with van der Waals surface area (Å²) in [5, 5.41) is 1.59. The molecular formula is C19H21NO3. The molecule has 2 aromatic carbocycles. The van der Waals surface area contributed by atoms with E-state index in [1.54, 1.807) is 5.23 Å². The lowest BCUT2D eigenvalue weighted by Crippen LogP contribution is -2.26. The molecule has 2 aliphatic carbocycles. The van der Waals surface area contributed by atoms with Gasteiger partial charge in [0, 0.05) is 0 Å². The van der Waals surface area contributed by atoms with E-state index in [0.717, 1.165) is 42.9 Å². The Balaban J connectivity index is 1.43. The van der Waals surface area contributed by atoms with Crippen LogP contribution in [-0.2, 0) is 9.68 Å². The van der Waals surface area contributed by atoms with Gasteiger partial charge in [0.1, 0.15) is 11.5 Å². The molecule has 2 aliphatic rings. The van der Waals surface area contributed by atoms with E-state index < -0.39 is 0 Å². The Morgan fingerprint density at radius 1 is 0.739 bits per heavy atom. The Bertz CT molecular complexity index is 631. The third-order valence-corrected chi connectivity index (χ3v) is 3.84. The molecule has 0 N–H and O–H groups in total. The molecule has 120 valence electrons. The third kappa shape index (κ3) is 4.03. The van der Waals surface area contributed by atoms with Gasteiger partial charge >= 0.3 is 0 Å². The van der Waals surface area contributed by atoms with Crippen molar-refractivity contribution >= 4 is 5.69 Å². The van der Waals surface area contributed by atoms with Crippen LogP contribution in [0.4, 0.5) is 5.69 Å². The summed E-state index contributed by atoms with van der Waals surface area (Å²) in [6, 6.07) is 15.8. The molecule has 4 rings (SSSR count). The smallest absolute Gasteiger partial charge is 0.127 e. The van der Waals surface area contributed by atoms with Crippen LogP contribution in [0.3, 0.4) is 0 Å². The molecular weight excluding hydrogens is 290 g/mol. The Morgan fingerprint density at radius 3 is 1.70 bits per heavy atom. The first-order valence-electron chi connectivity index (χ1n) is 8.24. The molecule has 0 aliphatic heterocycles. The van der Waals surface area contributed by atoms with Crippen LogP contribution < -0.4 is 9.96 Å². The standard InChI is InChI=1S/C19H21NO3/c1-14-2-6-16(7-3-14)21-17-8-4-15(5-9-17)20(22-18-10-11-18)23-19-12-13-19/h2-9,18-19H,10-13H2,1H3. The lowest BCUT2D eigenvalue weighted by molar-refractivity contribution is -0.104. The summed E-state index contributed by atoms with van der Waals surface area (Å²) in [6.45, 7) is 2.06. The normalized spacial score (nSPS) is 17.1. The second-order valence-corrected chi connectivity index (χ2v) is 6.28. The van der Waals surface area contributed by atoms with E-state index >= 15 is 0 Å². The summed E-state index contributed by atoms with van der Waals surface area (Å²) >= 11 is 0. The van der Waals surface area contributed by atoms with Crippen LogP contribution >= 0.6 is 0 Å². The van der Waals surface area contributed by atoms with Crippen molar-refractivity contribution in [1.82, 2.24) is 0 Å². The van der Waals surface area contributed by atoms with Gasteiger partial charge in [-0.15, -0.1) is 5.23 Å². The van der Waals surface area contributed by atoms with Gasteiger partial charge in [0.25, 0.3) is 0 Å². The van der Waals surface area contributed by atoms with E-state index in [1.807, 2.05) is 48.5 Å². The number of hydrogen-bond acceptors (Lipinski definition) is 4. The van der Waals surface area contributed by atoms with E-state index in [9.17, 15) is 0 Å². The van der Waals surface area contributed by atoms with E-state index in [1.165, 1.54) is 5.56 Å². The fourth-order valence-electron chi connectivity index (χ4n) is 2.14. The zero-order valence-corrected chi connectivity index (χ0v) is 13.3. The van der Waals surface area contributed by atoms with Crippen LogP contribution in [0.1, 0.15) is 31.2 Å². The van der Waals surface area contributed by atoms with Crippen molar-refractivity contribution in [3.63, 3.8) is 0 Å². The van der Waals surface area contributed by atoms with Gasteiger partial charge in [-0.2, -0.15) is 0 Å². The first kappa shape index (κ1) is 14.5. The van der Waals surface area contributed by atoms with Gasteiger partial charge in [-0.25, -0.2) is 9.68 Å². The number of benzene rings is 2. The Kier molecular flexibility index (Phi) is 3.93. The first-order chi connectivity index (χ1) is 11.3. The van der Waals surface area contributed by atoms with Crippen molar-refractivity contribution in [2.75, 3.05) is 5.23 Å². The molecule has 2 fully saturated rings. The Hall–Kier alpha value is -2.04. The van der Waals surface area contributed by atoms with Crippen molar-refractivity contribution in [3.8, 4) is 11.5 Å². The van der Waals surface area contributed by atoms with Crippen molar-refractivity contribution in [3.05, 3.63) is 54.1 Å². The number of nitrogens with zero attached hydrogens (tertiary/aromatic N) is 1. The Morgan fingerprint density at radius 2 is 1.22 bits per heavy atom. The molecule has 0 heterocycles. The predicted molar refractivity (Wildman–Crippen MR) is 88.4 cm³/mol. The van der Waals surface area contributed by atoms with Crippen LogP contribution in [0.25, 0.3) is 0 Å². The van der Waals surface area contributed by atoms with Crippen molar-refractivity contribution in [2.45, 2.75) is 44.8 Å². The molecule has 0 radical (unpaired) electrons. The molecule has 2 saturated carbocycles. The SMILES string of the molecule is Cc1ccc(Oc2ccc(N(OC3CC3)OC3CC3)cc2)cc1. The van der Waals surface area contributed by atoms with Gasteiger partial charge in [0.15, 0.2) is 0 Å². The molecule has 2 aromatic rings. The van der Waals surface area contributed by atoms with Crippen molar-refractivity contribution in [1.29, 1.82) is 0 Å². The minimum Gasteiger partial charge on any atom is -0.457 e. The topological polar surface area (TPSA) is 30.9 Å². The quantitative estimate of drug-likeness (QED) is 0.688. The van der Waals surface area contributed by atoms with Crippen LogP contribution in [-0.4, -0.2) is 12.2 Å². The average Bonchev–Trinajstić information content (AvgIpc) is 3.46. The largest absolute Gasteiger partial charge is 0.457 e. The summed E-state index contributed by atoms with van der Waals surface area (Å²) in [7, 11) is 0. The van der Waals surface area contributed by atoms with E-state index in [4.69, 9.17) is 14.4 Å². The van der Waals surface area contributed by atoms with Gasteiger partial charge < -0.3 is 4.74 Å². The minimum atomic E-state index is 0.303.